The highest BCUT2D eigenvalue weighted by Crippen LogP contribution is 2.42. The molecule has 3 aliphatic rings. The SMILES string of the molecule is CC[C@H]1c2cc3[nH]c4c(c5nc(cc6nc(cc([nH]2)[C@@H]1C)C(=C(C)O)C=6C)C(C)=C5CCC(=O)OC)c(O)n(CCCNB(C)O)c(=O)c4c3C. The van der Waals surface area contributed by atoms with Crippen LogP contribution in [0.15, 0.2) is 28.8 Å². The van der Waals surface area contributed by atoms with Gasteiger partial charge in [0.15, 0.2) is 0 Å². The Kier molecular flexibility index (Phi) is 9.89. The van der Waals surface area contributed by atoms with Crippen LogP contribution >= 0.6 is 0 Å². The third kappa shape index (κ3) is 6.33. The van der Waals surface area contributed by atoms with Gasteiger partial charge in [0.1, 0.15) is 0 Å². The molecule has 0 aliphatic carbocycles. The highest BCUT2D eigenvalue weighted by atomic mass is 16.5. The van der Waals surface area contributed by atoms with Crippen LogP contribution in [0.3, 0.4) is 0 Å². The summed E-state index contributed by atoms with van der Waals surface area (Å²) >= 11 is 0. The number of carbonyl (C=O) groups excluding carboxylic acids is 1. The molecule has 0 fully saturated rings. The molecule has 51 heavy (non-hydrogen) atoms. The van der Waals surface area contributed by atoms with Gasteiger partial charge in [-0.05, 0) is 101 Å². The molecule has 0 unspecified atom stereocenters. The van der Waals surface area contributed by atoms with Crippen LogP contribution in [0.5, 0.6) is 5.88 Å². The monoisotopic (exact) mass is 694 g/mol. The Labute approximate surface area is 296 Å². The fourth-order valence-electron chi connectivity index (χ4n) is 7.72. The van der Waals surface area contributed by atoms with Gasteiger partial charge >= 0.3 is 13.0 Å². The van der Waals surface area contributed by atoms with Crippen molar-refractivity contribution in [1.82, 2.24) is 29.7 Å². The molecule has 6 N–H and O–H groups in total. The number of aromatic hydroxyl groups is 1. The summed E-state index contributed by atoms with van der Waals surface area (Å²) < 4.78 is 6.36. The number of nitrogens with zero attached hydrogens (tertiary/aromatic N) is 3. The molecule has 268 valence electrons. The first kappa shape index (κ1) is 35.9. The van der Waals surface area contributed by atoms with E-state index in [-0.39, 0.29) is 54.4 Å². The van der Waals surface area contributed by atoms with Gasteiger partial charge in [-0.25, -0.2) is 9.97 Å². The minimum absolute atomic E-state index is 0.0849. The summed E-state index contributed by atoms with van der Waals surface area (Å²) in [7, 11) is 0.636. The van der Waals surface area contributed by atoms with Crippen LogP contribution in [-0.4, -0.2) is 66.4 Å². The number of aliphatic hydroxyl groups excluding tert-OH is 1. The highest BCUT2D eigenvalue weighted by molar-refractivity contribution is 6.45. The number of carbonyl (C=O) groups is 1. The van der Waals surface area contributed by atoms with Gasteiger partial charge in [0.05, 0.1) is 51.6 Å². The number of H-pyrrole nitrogens is 2. The summed E-state index contributed by atoms with van der Waals surface area (Å²) in [6.07, 6.45) is 1.70. The Morgan fingerprint density at radius 2 is 1.82 bits per heavy atom. The molecule has 0 radical (unpaired) electrons. The number of nitrogens with one attached hydrogen (secondary N) is 3. The molecule has 3 aliphatic heterocycles. The van der Waals surface area contributed by atoms with Gasteiger partial charge in [-0.15, -0.1) is 0 Å². The molecular formula is C38H47BN6O6. The number of esters is 1. The summed E-state index contributed by atoms with van der Waals surface area (Å²) in [5.74, 6) is -0.177. The number of aromatic nitrogens is 5. The van der Waals surface area contributed by atoms with Crippen molar-refractivity contribution >= 4 is 57.1 Å². The van der Waals surface area contributed by atoms with Crippen molar-refractivity contribution in [1.29, 1.82) is 0 Å². The van der Waals surface area contributed by atoms with Gasteiger partial charge in [0, 0.05) is 47.3 Å². The number of methoxy groups -OCH3 is 1. The first-order chi connectivity index (χ1) is 24.3. The van der Waals surface area contributed by atoms with Crippen molar-refractivity contribution in [3.63, 3.8) is 0 Å². The fraction of sp³-hybridized carbons (Fsp3) is 0.421. The first-order valence-electron chi connectivity index (χ1n) is 17.6. The van der Waals surface area contributed by atoms with E-state index < -0.39 is 7.05 Å². The number of aliphatic hydroxyl groups is 1. The molecular weight excluding hydrogens is 647 g/mol. The Morgan fingerprint density at radius 1 is 1.08 bits per heavy atom. The summed E-state index contributed by atoms with van der Waals surface area (Å²) in [6, 6.07) is 5.93. The number of rotatable bonds is 9. The van der Waals surface area contributed by atoms with E-state index in [4.69, 9.17) is 14.7 Å². The van der Waals surface area contributed by atoms with Crippen molar-refractivity contribution in [2.45, 2.75) is 92.4 Å². The number of pyridine rings is 1. The lowest BCUT2D eigenvalue weighted by Gasteiger charge is -2.13. The molecule has 6 heterocycles. The second-order valence-electron chi connectivity index (χ2n) is 13.8. The normalized spacial score (nSPS) is 17.7. The van der Waals surface area contributed by atoms with E-state index in [1.165, 1.54) is 11.7 Å². The lowest BCUT2D eigenvalue weighted by Crippen LogP contribution is -2.32. The molecule has 0 saturated heterocycles. The molecule has 8 bridgehead atoms. The zero-order valence-electron chi connectivity index (χ0n) is 30.6. The maximum atomic E-state index is 14.3. The quantitative estimate of drug-likeness (QED) is 0.0729. The maximum absolute atomic E-state index is 14.3. The smallest absolute Gasteiger partial charge is 0.373 e. The predicted octanol–water partition coefficient (Wildman–Crippen LogP) is 5.52. The molecule has 3 aromatic rings. The minimum atomic E-state index is -0.712. The van der Waals surface area contributed by atoms with Crippen LogP contribution < -0.4 is 16.1 Å². The van der Waals surface area contributed by atoms with E-state index in [1.807, 2.05) is 39.0 Å². The molecule has 0 spiro atoms. The Hall–Kier alpha value is -4.88. The molecule has 3 aromatic heterocycles. The lowest BCUT2D eigenvalue weighted by atomic mass is 9.89. The summed E-state index contributed by atoms with van der Waals surface area (Å²) in [5.41, 5.74) is 8.23. The standard InChI is InChI=1S/C38H47BN6O6/c1-9-23-18(2)25-17-30-32(22(6)46)20(4)27(42-30)15-26-19(3)24(11-12-31(47)51-8)35(43-26)34-36-33(21(5)28(44-36)16-29(23)41-25)37(48)45(38(34)49)14-10-13-40-39(7)50/h15-18,23,40-41,44,46,49-50H,9-14H2,1-8H3/t18-,23-/m1/s1. The number of allylic oxidation sites excluding steroid dienone is 4. The molecule has 6 rings (SSSR count). The number of ether oxygens (including phenoxy) is 1. The fourth-order valence-corrected chi connectivity index (χ4v) is 7.72. The van der Waals surface area contributed by atoms with Gasteiger partial charge in [-0.3, -0.25) is 14.2 Å². The number of hydrogen-bond donors (Lipinski definition) is 6. The number of fused-ring (bicyclic) bond motifs is 8. The third-order valence-corrected chi connectivity index (χ3v) is 10.6. The van der Waals surface area contributed by atoms with Crippen molar-refractivity contribution in [3.8, 4) is 5.88 Å². The molecule has 13 heteroatoms. The number of aromatic amines is 2. The minimum Gasteiger partial charge on any atom is -0.512 e. The molecule has 12 nitrogen and oxygen atoms in total. The average molecular weight is 695 g/mol. The average Bonchev–Trinajstić information content (AvgIpc) is 3.76. The number of hydrogen-bond acceptors (Lipinski definition) is 9. The van der Waals surface area contributed by atoms with Crippen LogP contribution in [0, 0.1) is 6.92 Å². The molecule has 0 amide bonds. The first-order valence-corrected chi connectivity index (χ1v) is 17.6. The van der Waals surface area contributed by atoms with Crippen LogP contribution in [0.4, 0.5) is 0 Å². The summed E-state index contributed by atoms with van der Waals surface area (Å²) in [5, 5.41) is 37.1. The summed E-state index contributed by atoms with van der Waals surface area (Å²) in [6.45, 7) is 14.0. The maximum Gasteiger partial charge on any atom is 0.373 e. The second kappa shape index (κ2) is 14.0. The second-order valence-corrected chi connectivity index (χ2v) is 13.8. The third-order valence-electron chi connectivity index (χ3n) is 10.6. The van der Waals surface area contributed by atoms with Crippen molar-refractivity contribution in [2.75, 3.05) is 13.7 Å². The highest BCUT2D eigenvalue weighted by Gasteiger charge is 2.29. The number of aryl methyl sites for hydroxylation is 1. The predicted molar refractivity (Wildman–Crippen MR) is 202 cm³/mol. The van der Waals surface area contributed by atoms with Gasteiger partial charge in [0.2, 0.25) is 5.88 Å². The van der Waals surface area contributed by atoms with Gasteiger partial charge in [-0.2, -0.15) is 0 Å². The molecule has 0 aromatic carbocycles. The van der Waals surface area contributed by atoms with Crippen LogP contribution in [0.2, 0.25) is 6.82 Å². The van der Waals surface area contributed by atoms with Gasteiger partial charge in [-0.1, -0.05) is 13.8 Å². The Balaban J connectivity index is 1.80. The van der Waals surface area contributed by atoms with E-state index in [9.17, 15) is 24.8 Å². The summed E-state index contributed by atoms with van der Waals surface area (Å²) in [4.78, 5) is 44.0. The van der Waals surface area contributed by atoms with Gasteiger partial charge < -0.3 is 35.2 Å². The van der Waals surface area contributed by atoms with E-state index in [2.05, 4.69) is 29.0 Å². The molecule has 2 atom stereocenters. The zero-order chi connectivity index (χ0) is 36.9. The van der Waals surface area contributed by atoms with E-state index >= 15 is 0 Å². The topological polar surface area (TPSA) is 178 Å². The van der Waals surface area contributed by atoms with Crippen molar-refractivity contribution < 1.29 is 24.8 Å². The Morgan fingerprint density at radius 3 is 2.49 bits per heavy atom. The van der Waals surface area contributed by atoms with Crippen LogP contribution in [0.1, 0.15) is 106 Å². The van der Waals surface area contributed by atoms with E-state index in [0.717, 1.165) is 45.6 Å². The Bertz CT molecular complexity index is 2310. The van der Waals surface area contributed by atoms with Crippen molar-refractivity contribution in [3.05, 3.63) is 73.7 Å². The van der Waals surface area contributed by atoms with E-state index in [0.29, 0.717) is 57.3 Å². The largest absolute Gasteiger partial charge is 0.512 e. The van der Waals surface area contributed by atoms with Crippen molar-refractivity contribution in [2.24, 2.45) is 0 Å². The van der Waals surface area contributed by atoms with E-state index in [1.54, 1.807) is 13.7 Å². The van der Waals surface area contributed by atoms with Crippen LogP contribution in [0.25, 0.3) is 44.1 Å². The van der Waals surface area contributed by atoms with Crippen LogP contribution in [-0.2, 0) is 16.1 Å². The lowest BCUT2D eigenvalue weighted by molar-refractivity contribution is -0.140. The molecule has 0 saturated carbocycles. The van der Waals surface area contributed by atoms with Gasteiger partial charge in [0.25, 0.3) is 5.56 Å². The zero-order valence-corrected chi connectivity index (χ0v) is 30.6.